The van der Waals surface area contributed by atoms with Gasteiger partial charge in [0.1, 0.15) is 0 Å². The molecule has 3 nitrogen and oxygen atoms in total. The number of rotatable bonds is 0. The molecule has 0 aliphatic heterocycles. The van der Waals surface area contributed by atoms with Crippen molar-refractivity contribution in [3.8, 4) is 0 Å². The summed E-state index contributed by atoms with van der Waals surface area (Å²) in [5.74, 6) is 0. The maximum absolute atomic E-state index is 8.67. The van der Waals surface area contributed by atoms with Crippen molar-refractivity contribution >= 4 is 11.3 Å². The summed E-state index contributed by atoms with van der Waals surface area (Å²) in [5.41, 5.74) is 0. The van der Waals surface area contributed by atoms with E-state index in [0.29, 0.717) is 0 Å². The van der Waals surface area contributed by atoms with Gasteiger partial charge in [-0.2, -0.15) is 11.3 Å². The summed E-state index contributed by atoms with van der Waals surface area (Å²) in [5, 5.41) is 5.50. The Hall–Kier alpha value is 0.576. The van der Waals surface area contributed by atoms with E-state index in [2.05, 4.69) is 0 Å². The summed E-state index contributed by atoms with van der Waals surface area (Å²) in [6.45, 7) is 0. The summed E-state index contributed by atoms with van der Waals surface area (Å²) in [6, 6.07) is 0. The number of hydrogen-bond donors (Lipinski definition) is 0. The van der Waals surface area contributed by atoms with Gasteiger partial charge in [-0.25, -0.2) is 0 Å². The van der Waals surface area contributed by atoms with Crippen molar-refractivity contribution in [3.63, 3.8) is 0 Å². The predicted molar refractivity (Wildman–Crippen MR) is 13.2 cm³/mol. The van der Waals surface area contributed by atoms with Crippen molar-refractivity contribution in [2.75, 3.05) is 0 Å². The van der Waals surface area contributed by atoms with Crippen molar-refractivity contribution in [2.24, 2.45) is 0 Å². The van der Waals surface area contributed by atoms with Crippen LogP contribution in [-0.2, 0) is 28.0 Å². The minimum atomic E-state index is -2.61. The fourth-order valence-electron chi connectivity index (χ4n) is 0. The molecule has 0 aromatic rings. The molecule has 0 saturated carbocycles. The molecule has 0 aliphatic rings. The summed E-state index contributed by atoms with van der Waals surface area (Å²) in [4.78, 5) is 0. The van der Waals surface area contributed by atoms with Gasteiger partial charge < -0.3 is 9.69 Å². The largest absolute Gasteiger partial charge is 0.789 e. The van der Waals surface area contributed by atoms with Crippen LogP contribution in [0, 0.1) is 0 Å². The molecule has 0 bridgehead atoms. The molecule has 0 rings (SSSR count). The maximum atomic E-state index is 8.67. The van der Waals surface area contributed by atoms with Crippen LogP contribution in [0.3, 0.4) is 0 Å². The van der Waals surface area contributed by atoms with Crippen LogP contribution in [0.1, 0.15) is 0 Å². The summed E-state index contributed by atoms with van der Waals surface area (Å²) >= 11 is -2.61. The van der Waals surface area contributed by atoms with Crippen molar-refractivity contribution in [3.05, 3.63) is 5.14 Å². The number of nitrogens with one attached hydrogen (secondary N) is 1. The molecule has 1 N–H and O–H groups in total. The normalized spacial score (nSPS) is 12.4. The van der Waals surface area contributed by atoms with Crippen LogP contribution >= 0.6 is 0 Å². The fourth-order valence-corrected chi connectivity index (χ4v) is 0. The first kappa shape index (κ1) is 9.13. The quantitative estimate of drug-likeness (QED) is 0.436. The average Bonchev–Trinajstić information content (AvgIpc) is 0.811. The molecule has 1 radical (unpaired) electrons. The van der Waals surface area contributed by atoms with E-state index in [1.54, 1.807) is 0 Å². The molecular formula is HCoNO2S-2. The van der Waals surface area contributed by atoms with Gasteiger partial charge in [0, 0.05) is 16.8 Å². The van der Waals surface area contributed by atoms with Crippen LogP contribution in [0.2, 0.25) is 0 Å². The van der Waals surface area contributed by atoms with Gasteiger partial charge in [0.25, 0.3) is 0 Å². The second-order valence-corrected chi connectivity index (χ2v) is 0.704. The first-order valence-electron chi connectivity index (χ1n) is 0.537. The van der Waals surface area contributed by atoms with Crippen molar-refractivity contribution in [1.29, 1.82) is 0 Å². The van der Waals surface area contributed by atoms with E-state index in [1.807, 2.05) is 0 Å². The van der Waals surface area contributed by atoms with E-state index < -0.39 is 11.3 Å². The third-order valence-corrected chi connectivity index (χ3v) is 0. The van der Waals surface area contributed by atoms with Crippen LogP contribution in [0.4, 0.5) is 0 Å². The first-order valence-corrected chi connectivity index (χ1v) is 1.61. The second-order valence-electron chi connectivity index (χ2n) is 0.235. The van der Waals surface area contributed by atoms with Crippen LogP contribution in [0.25, 0.3) is 5.14 Å². The van der Waals surface area contributed by atoms with Crippen LogP contribution in [0.15, 0.2) is 0 Å². The van der Waals surface area contributed by atoms with Crippen LogP contribution < -0.4 is 0 Å². The maximum Gasteiger partial charge on any atom is 0 e. The fraction of sp³-hybridized carbons (Fsp3) is 0. The summed E-state index contributed by atoms with van der Waals surface area (Å²) in [7, 11) is 0. The molecule has 0 saturated heterocycles. The molecule has 5 heteroatoms. The zero-order chi connectivity index (χ0) is 3.58. The van der Waals surface area contributed by atoms with E-state index in [-0.39, 0.29) is 16.8 Å². The molecule has 1 atom stereocenters. The molecule has 0 spiro atoms. The minimum Gasteiger partial charge on any atom is -0.789 e. The molecule has 0 aromatic carbocycles. The van der Waals surface area contributed by atoms with E-state index in [4.69, 9.17) is 13.9 Å². The second kappa shape index (κ2) is 4.58. The van der Waals surface area contributed by atoms with Gasteiger partial charge in [-0.05, 0) is 0 Å². The van der Waals surface area contributed by atoms with Gasteiger partial charge in [-0.1, -0.05) is 0 Å². The van der Waals surface area contributed by atoms with E-state index in [1.165, 1.54) is 0 Å². The van der Waals surface area contributed by atoms with Crippen LogP contribution in [-0.4, -0.2) is 8.76 Å². The van der Waals surface area contributed by atoms with Crippen LogP contribution in [0.5, 0.6) is 0 Å². The molecule has 0 aromatic heterocycles. The third-order valence-electron chi connectivity index (χ3n) is 0. The third kappa shape index (κ3) is 91.4. The molecule has 0 amide bonds. The van der Waals surface area contributed by atoms with E-state index >= 15 is 0 Å². The Labute approximate surface area is 42.5 Å². The molecule has 5 heavy (non-hydrogen) atoms. The molecule has 0 heterocycles. The minimum absolute atomic E-state index is 0. The Bertz CT molecular complexity index is 32.6. The average molecular weight is 138 g/mol. The van der Waals surface area contributed by atoms with E-state index in [9.17, 15) is 0 Å². The summed E-state index contributed by atoms with van der Waals surface area (Å²) < 4.78 is 17.3. The molecule has 0 fully saturated rings. The van der Waals surface area contributed by atoms with Crippen molar-refractivity contribution < 1.29 is 25.5 Å². The number of hydrogen-bond acceptors (Lipinski definition) is 2. The molecule has 1 unspecified atom stereocenters. The van der Waals surface area contributed by atoms with E-state index in [0.717, 1.165) is 0 Å². The Kier molecular flexibility index (Phi) is 8.36. The van der Waals surface area contributed by atoms with Gasteiger partial charge in [-0.3, -0.25) is 4.21 Å². The smallest absolute Gasteiger partial charge is 0 e. The zero-order valence-corrected chi connectivity index (χ0v) is 3.92. The SMILES string of the molecule is [Co].[NH-]S(=O)[O-]. The molecular weight excluding hydrogens is 137 g/mol. The van der Waals surface area contributed by atoms with Gasteiger partial charge in [0.15, 0.2) is 0 Å². The van der Waals surface area contributed by atoms with Gasteiger partial charge in [-0.15, -0.1) is 0 Å². The Balaban J connectivity index is 0. The van der Waals surface area contributed by atoms with Gasteiger partial charge >= 0.3 is 0 Å². The Morgan fingerprint density at radius 1 is 1.80 bits per heavy atom. The molecule has 0 aliphatic carbocycles. The standard InChI is InChI=1S/Co.H2NO2S/c;1-4(2)3/h;1H,(H,2,3)/q;-1/p-1. The first-order chi connectivity index (χ1) is 1.73. The monoisotopic (exact) mass is 138 g/mol. The Morgan fingerprint density at radius 2 is 1.80 bits per heavy atom. The Morgan fingerprint density at radius 3 is 1.80 bits per heavy atom. The topological polar surface area (TPSA) is 63.9 Å². The zero-order valence-electron chi connectivity index (χ0n) is 2.06. The van der Waals surface area contributed by atoms with Crippen molar-refractivity contribution in [2.45, 2.75) is 0 Å². The van der Waals surface area contributed by atoms with Gasteiger partial charge in [0.2, 0.25) is 0 Å². The van der Waals surface area contributed by atoms with Gasteiger partial charge in [0.05, 0.1) is 0 Å². The van der Waals surface area contributed by atoms with Crippen molar-refractivity contribution in [1.82, 2.24) is 0 Å². The predicted octanol–water partition coefficient (Wildman–Crippen LogP) is -0.170. The molecule has 35 valence electrons. The summed E-state index contributed by atoms with van der Waals surface area (Å²) in [6.07, 6.45) is 0.